The van der Waals surface area contributed by atoms with Crippen LogP contribution in [-0.2, 0) is 9.53 Å². The third-order valence-corrected chi connectivity index (χ3v) is 3.65. The van der Waals surface area contributed by atoms with Crippen molar-refractivity contribution in [3.63, 3.8) is 0 Å². The van der Waals surface area contributed by atoms with E-state index in [-0.39, 0.29) is 12.0 Å². The van der Waals surface area contributed by atoms with Gasteiger partial charge >= 0.3 is 5.97 Å². The van der Waals surface area contributed by atoms with E-state index in [9.17, 15) is 4.79 Å². The number of esters is 1. The van der Waals surface area contributed by atoms with Gasteiger partial charge in [0.1, 0.15) is 6.04 Å². The van der Waals surface area contributed by atoms with Crippen molar-refractivity contribution < 1.29 is 9.53 Å². The van der Waals surface area contributed by atoms with Crippen LogP contribution in [0.2, 0.25) is 0 Å². The number of carbonyl (C=O) groups excluding carboxylic acids is 1. The Hall–Kier alpha value is -0.610. The van der Waals surface area contributed by atoms with Gasteiger partial charge in [-0.3, -0.25) is 4.79 Å². The molecule has 0 aromatic heterocycles. The van der Waals surface area contributed by atoms with Crippen molar-refractivity contribution in [1.29, 1.82) is 0 Å². The number of nitrogens with one attached hydrogen (secondary N) is 1. The Kier molecular flexibility index (Phi) is 5.01. The minimum Gasteiger partial charge on any atom is -0.465 e. The van der Waals surface area contributed by atoms with Gasteiger partial charge in [0, 0.05) is 12.6 Å². The number of rotatable bonds is 9. The third-order valence-electron chi connectivity index (χ3n) is 3.65. The summed E-state index contributed by atoms with van der Waals surface area (Å²) in [6.45, 7) is 4.49. The predicted octanol–water partition coefficient (Wildman–Crippen LogP) is 1.40. The van der Waals surface area contributed by atoms with Crippen LogP contribution in [0.3, 0.4) is 0 Å². The Labute approximate surface area is 110 Å². The third kappa shape index (κ3) is 4.94. The normalized spacial score (nSPS) is 21.1. The molecule has 0 aliphatic heterocycles. The van der Waals surface area contributed by atoms with Gasteiger partial charge in [-0.05, 0) is 58.5 Å². The van der Waals surface area contributed by atoms with Crippen molar-refractivity contribution in [1.82, 2.24) is 10.2 Å². The minimum absolute atomic E-state index is 0.0794. The standard InChI is InChI=1S/C14H26N2O2/c1-3-18-14(17)13(15-12-6-7-12)8-9-16(2)10-11-4-5-11/h11-13,15H,3-10H2,1-2H3. The van der Waals surface area contributed by atoms with Gasteiger partial charge in [-0.2, -0.15) is 0 Å². The molecule has 2 aliphatic rings. The number of carbonyl (C=O) groups is 1. The maximum Gasteiger partial charge on any atom is 0.323 e. The van der Waals surface area contributed by atoms with Crippen LogP contribution in [0, 0.1) is 5.92 Å². The van der Waals surface area contributed by atoms with Crippen LogP contribution in [-0.4, -0.2) is 49.7 Å². The minimum atomic E-state index is -0.112. The molecule has 1 unspecified atom stereocenters. The molecule has 2 fully saturated rings. The van der Waals surface area contributed by atoms with Gasteiger partial charge < -0.3 is 15.0 Å². The highest BCUT2D eigenvalue weighted by atomic mass is 16.5. The molecular weight excluding hydrogens is 228 g/mol. The lowest BCUT2D eigenvalue weighted by molar-refractivity contribution is -0.146. The van der Waals surface area contributed by atoms with E-state index in [0.717, 1.165) is 18.9 Å². The van der Waals surface area contributed by atoms with Crippen molar-refractivity contribution >= 4 is 5.97 Å². The van der Waals surface area contributed by atoms with Crippen molar-refractivity contribution in [3.05, 3.63) is 0 Å². The quantitative estimate of drug-likeness (QED) is 0.632. The molecule has 0 saturated heterocycles. The van der Waals surface area contributed by atoms with Gasteiger partial charge in [-0.25, -0.2) is 0 Å². The van der Waals surface area contributed by atoms with Crippen molar-refractivity contribution in [2.75, 3.05) is 26.7 Å². The highest BCUT2D eigenvalue weighted by Gasteiger charge is 2.29. The molecule has 0 bridgehead atoms. The van der Waals surface area contributed by atoms with Gasteiger partial charge in [0.05, 0.1) is 6.61 Å². The van der Waals surface area contributed by atoms with E-state index in [1.807, 2.05) is 6.92 Å². The predicted molar refractivity (Wildman–Crippen MR) is 71.4 cm³/mol. The molecule has 0 spiro atoms. The molecule has 104 valence electrons. The maximum atomic E-state index is 11.9. The van der Waals surface area contributed by atoms with Crippen LogP contribution in [0.4, 0.5) is 0 Å². The smallest absolute Gasteiger partial charge is 0.323 e. The Morgan fingerprint density at radius 2 is 2.11 bits per heavy atom. The largest absolute Gasteiger partial charge is 0.465 e. The molecule has 2 rings (SSSR count). The fraction of sp³-hybridized carbons (Fsp3) is 0.929. The van der Waals surface area contributed by atoms with Gasteiger partial charge in [-0.15, -0.1) is 0 Å². The molecule has 0 amide bonds. The zero-order valence-electron chi connectivity index (χ0n) is 11.7. The van der Waals surface area contributed by atoms with Crippen LogP contribution < -0.4 is 5.32 Å². The number of ether oxygens (including phenoxy) is 1. The van der Waals surface area contributed by atoms with Crippen LogP contribution in [0.5, 0.6) is 0 Å². The molecule has 0 radical (unpaired) electrons. The second kappa shape index (κ2) is 6.53. The van der Waals surface area contributed by atoms with Crippen molar-refractivity contribution in [3.8, 4) is 0 Å². The average molecular weight is 254 g/mol. The molecule has 2 aliphatic carbocycles. The van der Waals surface area contributed by atoms with Crippen molar-refractivity contribution in [2.24, 2.45) is 5.92 Å². The first-order valence-electron chi connectivity index (χ1n) is 7.30. The molecule has 1 atom stereocenters. The van der Waals surface area contributed by atoms with Crippen LogP contribution in [0.1, 0.15) is 39.0 Å². The highest BCUT2D eigenvalue weighted by Crippen LogP contribution is 2.29. The van der Waals surface area contributed by atoms with Gasteiger partial charge in [-0.1, -0.05) is 0 Å². The lowest BCUT2D eigenvalue weighted by Crippen LogP contribution is -2.41. The molecule has 4 nitrogen and oxygen atoms in total. The second-order valence-electron chi connectivity index (χ2n) is 5.74. The average Bonchev–Trinajstić information content (AvgIpc) is 3.19. The molecule has 0 aromatic rings. The SMILES string of the molecule is CCOC(=O)C(CCN(C)CC1CC1)NC1CC1. The van der Waals surface area contributed by atoms with E-state index in [2.05, 4.69) is 17.3 Å². The first kappa shape index (κ1) is 13.8. The summed E-state index contributed by atoms with van der Waals surface area (Å²) >= 11 is 0. The molecular formula is C14H26N2O2. The fourth-order valence-corrected chi connectivity index (χ4v) is 2.23. The topological polar surface area (TPSA) is 41.6 Å². The van der Waals surface area contributed by atoms with Gasteiger partial charge in [0.25, 0.3) is 0 Å². The number of hydrogen-bond donors (Lipinski definition) is 1. The van der Waals surface area contributed by atoms with Crippen LogP contribution >= 0.6 is 0 Å². The van der Waals surface area contributed by atoms with Crippen LogP contribution in [0.25, 0.3) is 0 Å². The molecule has 0 aromatic carbocycles. The summed E-state index contributed by atoms with van der Waals surface area (Å²) in [6, 6.07) is 0.437. The molecule has 0 heterocycles. The summed E-state index contributed by atoms with van der Waals surface area (Å²) in [4.78, 5) is 14.2. The summed E-state index contributed by atoms with van der Waals surface area (Å²) in [5.74, 6) is 0.830. The zero-order chi connectivity index (χ0) is 13.0. The first-order valence-corrected chi connectivity index (χ1v) is 7.30. The molecule has 18 heavy (non-hydrogen) atoms. The Bertz CT molecular complexity index is 275. The fourth-order valence-electron chi connectivity index (χ4n) is 2.23. The number of nitrogens with zero attached hydrogens (tertiary/aromatic N) is 1. The highest BCUT2D eigenvalue weighted by molar-refractivity contribution is 5.75. The second-order valence-corrected chi connectivity index (χ2v) is 5.74. The summed E-state index contributed by atoms with van der Waals surface area (Å²) in [7, 11) is 2.15. The molecule has 2 saturated carbocycles. The zero-order valence-corrected chi connectivity index (χ0v) is 11.7. The summed E-state index contributed by atoms with van der Waals surface area (Å²) in [6.07, 6.45) is 6.03. The summed E-state index contributed by atoms with van der Waals surface area (Å²) in [5.41, 5.74) is 0. The van der Waals surface area contributed by atoms with Crippen molar-refractivity contribution in [2.45, 2.75) is 51.1 Å². The molecule has 1 N–H and O–H groups in total. The number of hydrogen-bond acceptors (Lipinski definition) is 4. The van der Waals surface area contributed by atoms with Gasteiger partial charge in [0.2, 0.25) is 0 Å². The monoisotopic (exact) mass is 254 g/mol. The summed E-state index contributed by atoms with van der Waals surface area (Å²) in [5, 5.41) is 3.40. The maximum absolute atomic E-state index is 11.9. The van der Waals surface area contributed by atoms with E-state index >= 15 is 0 Å². The Balaban J connectivity index is 1.70. The van der Waals surface area contributed by atoms with Gasteiger partial charge in [0.15, 0.2) is 0 Å². The van der Waals surface area contributed by atoms with E-state index in [4.69, 9.17) is 4.74 Å². The Morgan fingerprint density at radius 3 is 2.67 bits per heavy atom. The lowest BCUT2D eigenvalue weighted by Gasteiger charge is -2.21. The first-order chi connectivity index (χ1) is 8.69. The van der Waals surface area contributed by atoms with E-state index in [0.29, 0.717) is 12.6 Å². The van der Waals surface area contributed by atoms with Crippen LogP contribution in [0.15, 0.2) is 0 Å². The van der Waals surface area contributed by atoms with E-state index in [1.54, 1.807) is 0 Å². The van der Waals surface area contributed by atoms with E-state index in [1.165, 1.54) is 32.2 Å². The summed E-state index contributed by atoms with van der Waals surface area (Å²) < 4.78 is 5.14. The Morgan fingerprint density at radius 1 is 1.39 bits per heavy atom. The lowest BCUT2D eigenvalue weighted by atomic mass is 10.2. The molecule has 4 heteroatoms. The van der Waals surface area contributed by atoms with E-state index < -0.39 is 0 Å².